The van der Waals surface area contributed by atoms with Crippen molar-refractivity contribution in [3.05, 3.63) is 28.2 Å². The van der Waals surface area contributed by atoms with E-state index >= 15 is 0 Å². The fourth-order valence-corrected chi connectivity index (χ4v) is 1.96. The van der Waals surface area contributed by atoms with Gasteiger partial charge in [-0.15, -0.1) is 0 Å². The van der Waals surface area contributed by atoms with Crippen molar-refractivity contribution in [3.8, 4) is 0 Å². The Bertz CT molecular complexity index is 359. The van der Waals surface area contributed by atoms with Crippen LogP contribution in [0.1, 0.15) is 37.0 Å². The third-order valence-electron chi connectivity index (χ3n) is 2.16. The van der Waals surface area contributed by atoms with Crippen LogP contribution in [0.5, 0.6) is 0 Å². The topological polar surface area (TPSA) is 52.3 Å². The predicted octanol–water partition coefficient (Wildman–Crippen LogP) is 3.38. The molecule has 0 bridgehead atoms. The number of halogens is 1. The summed E-state index contributed by atoms with van der Waals surface area (Å²) in [6.45, 7) is 3.95. The van der Waals surface area contributed by atoms with Gasteiger partial charge in [-0.25, -0.2) is 4.79 Å². The van der Waals surface area contributed by atoms with Crippen LogP contribution in [0.3, 0.4) is 0 Å². The van der Waals surface area contributed by atoms with E-state index in [0.717, 1.165) is 17.3 Å². The van der Waals surface area contributed by atoms with E-state index in [1.807, 2.05) is 6.92 Å². The lowest BCUT2D eigenvalue weighted by molar-refractivity contribution is 0.0323. The van der Waals surface area contributed by atoms with Crippen LogP contribution in [0, 0.1) is 0 Å². The van der Waals surface area contributed by atoms with E-state index in [4.69, 9.17) is 10.5 Å². The number of carbonyl (C=O) groups is 1. The molecule has 4 heteroatoms. The second-order valence-corrected chi connectivity index (χ2v) is 4.69. The molecule has 1 unspecified atom stereocenters. The average molecular weight is 286 g/mol. The van der Waals surface area contributed by atoms with Crippen molar-refractivity contribution in [1.82, 2.24) is 0 Å². The molecule has 1 aromatic rings. The van der Waals surface area contributed by atoms with Crippen LogP contribution in [0.4, 0.5) is 5.69 Å². The lowest BCUT2D eigenvalue weighted by Crippen LogP contribution is -2.14. The number of esters is 1. The summed E-state index contributed by atoms with van der Waals surface area (Å²) in [7, 11) is 0. The molecule has 1 atom stereocenters. The minimum atomic E-state index is -0.325. The Morgan fingerprint density at radius 2 is 2.19 bits per heavy atom. The van der Waals surface area contributed by atoms with Gasteiger partial charge in [0.25, 0.3) is 0 Å². The van der Waals surface area contributed by atoms with E-state index < -0.39 is 0 Å². The molecule has 0 aliphatic rings. The maximum Gasteiger partial charge on any atom is 0.338 e. The minimum Gasteiger partial charge on any atom is -0.459 e. The number of hydrogen-bond acceptors (Lipinski definition) is 3. The molecule has 88 valence electrons. The Morgan fingerprint density at radius 1 is 1.50 bits per heavy atom. The fourth-order valence-electron chi connectivity index (χ4n) is 1.45. The Labute approximate surface area is 104 Å². The highest BCUT2D eigenvalue weighted by Gasteiger charge is 2.12. The smallest absolute Gasteiger partial charge is 0.338 e. The van der Waals surface area contributed by atoms with Gasteiger partial charge >= 0.3 is 5.97 Å². The van der Waals surface area contributed by atoms with Gasteiger partial charge in [0.15, 0.2) is 0 Å². The van der Waals surface area contributed by atoms with Gasteiger partial charge in [0.1, 0.15) is 0 Å². The summed E-state index contributed by atoms with van der Waals surface area (Å²) in [5.41, 5.74) is 6.68. The number of benzene rings is 1. The molecule has 1 rings (SSSR count). The quantitative estimate of drug-likeness (QED) is 0.682. The second kappa shape index (κ2) is 5.89. The average Bonchev–Trinajstić information content (AvgIpc) is 2.16. The first-order chi connectivity index (χ1) is 7.52. The van der Waals surface area contributed by atoms with Gasteiger partial charge in [0.05, 0.1) is 11.7 Å². The number of hydrogen-bond donors (Lipinski definition) is 1. The molecule has 0 heterocycles. The van der Waals surface area contributed by atoms with Gasteiger partial charge in [-0.3, -0.25) is 0 Å². The van der Waals surface area contributed by atoms with Gasteiger partial charge in [0, 0.05) is 10.2 Å². The first-order valence-electron chi connectivity index (χ1n) is 5.30. The molecule has 0 saturated carbocycles. The monoisotopic (exact) mass is 285 g/mol. The van der Waals surface area contributed by atoms with Crippen LogP contribution in [0.25, 0.3) is 0 Å². The normalized spacial score (nSPS) is 12.2. The van der Waals surface area contributed by atoms with Gasteiger partial charge in [-0.2, -0.15) is 0 Å². The van der Waals surface area contributed by atoms with Crippen molar-refractivity contribution < 1.29 is 9.53 Å². The fraction of sp³-hybridized carbons (Fsp3) is 0.417. The lowest BCUT2D eigenvalue weighted by Gasteiger charge is -2.12. The molecular weight excluding hydrogens is 270 g/mol. The second-order valence-electron chi connectivity index (χ2n) is 3.78. The standard InChI is InChI=1S/C12H16BrNO2/c1-3-4-8(2)16-12(15)9-5-10(13)7-11(14)6-9/h5-8H,3-4,14H2,1-2H3. The summed E-state index contributed by atoms with van der Waals surface area (Å²) in [5.74, 6) is -0.325. The van der Waals surface area contributed by atoms with E-state index in [0.29, 0.717) is 11.3 Å². The molecular formula is C12H16BrNO2. The number of nitrogen functional groups attached to an aromatic ring is 1. The molecule has 0 aliphatic heterocycles. The largest absolute Gasteiger partial charge is 0.459 e. The maximum absolute atomic E-state index is 11.7. The molecule has 3 nitrogen and oxygen atoms in total. The summed E-state index contributed by atoms with van der Waals surface area (Å²) in [5, 5.41) is 0. The first kappa shape index (κ1) is 13.0. The van der Waals surface area contributed by atoms with E-state index in [1.54, 1.807) is 18.2 Å². The van der Waals surface area contributed by atoms with Crippen molar-refractivity contribution in [2.45, 2.75) is 32.8 Å². The zero-order chi connectivity index (χ0) is 12.1. The molecule has 0 radical (unpaired) electrons. The number of rotatable bonds is 4. The number of nitrogens with two attached hydrogens (primary N) is 1. The van der Waals surface area contributed by atoms with Crippen molar-refractivity contribution in [1.29, 1.82) is 0 Å². The summed E-state index contributed by atoms with van der Waals surface area (Å²) in [6.07, 6.45) is 1.81. The van der Waals surface area contributed by atoms with Crippen LogP contribution in [0.2, 0.25) is 0 Å². The summed E-state index contributed by atoms with van der Waals surface area (Å²) in [6, 6.07) is 5.06. The highest BCUT2D eigenvalue weighted by molar-refractivity contribution is 9.10. The highest BCUT2D eigenvalue weighted by atomic mass is 79.9. The zero-order valence-electron chi connectivity index (χ0n) is 9.50. The Morgan fingerprint density at radius 3 is 2.75 bits per heavy atom. The Balaban J connectivity index is 2.72. The SMILES string of the molecule is CCCC(C)OC(=O)c1cc(N)cc(Br)c1. The van der Waals surface area contributed by atoms with E-state index in [2.05, 4.69) is 22.9 Å². The number of anilines is 1. The van der Waals surface area contributed by atoms with Gasteiger partial charge in [-0.05, 0) is 31.5 Å². The highest BCUT2D eigenvalue weighted by Crippen LogP contribution is 2.18. The van der Waals surface area contributed by atoms with Crippen LogP contribution in [0.15, 0.2) is 22.7 Å². The lowest BCUT2D eigenvalue weighted by atomic mass is 10.2. The van der Waals surface area contributed by atoms with Crippen molar-refractivity contribution in [3.63, 3.8) is 0 Å². The Hall–Kier alpha value is -1.03. The third-order valence-corrected chi connectivity index (χ3v) is 2.62. The van der Waals surface area contributed by atoms with Crippen molar-refractivity contribution in [2.24, 2.45) is 0 Å². The van der Waals surface area contributed by atoms with E-state index in [-0.39, 0.29) is 12.1 Å². The number of ether oxygens (including phenoxy) is 1. The van der Waals surface area contributed by atoms with E-state index in [9.17, 15) is 4.79 Å². The summed E-state index contributed by atoms with van der Waals surface area (Å²) < 4.78 is 6.05. The molecule has 0 aliphatic carbocycles. The minimum absolute atomic E-state index is 0.0577. The molecule has 0 spiro atoms. The van der Waals surface area contributed by atoms with Gasteiger partial charge < -0.3 is 10.5 Å². The molecule has 16 heavy (non-hydrogen) atoms. The van der Waals surface area contributed by atoms with Gasteiger partial charge in [-0.1, -0.05) is 29.3 Å². The van der Waals surface area contributed by atoms with Crippen molar-refractivity contribution in [2.75, 3.05) is 5.73 Å². The van der Waals surface area contributed by atoms with Crippen LogP contribution in [-0.2, 0) is 4.74 Å². The molecule has 2 N–H and O–H groups in total. The van der Waals surface area contributed by atoms with Crippen LogP contribution in [-0.4, -0.2) is 12.1 Å². The molecule has 0 aromatic heterocycles. The molecule has 0 amide bonds. The van der Waals surface area contributed by atoms with Crippen LogP contribution < -0.4 is 5.73 Å². The maximum atomic E-state index is 11.7. The molecule has 0 saturated heterocycles. The first-order valence-corrected chi connectivity index (χ1v) is 6.09. The van der Waals surface area contributed by atoms with E-state index in [1.165, 1.54) is 0 Å². The third kappa shape index (κ3) is 3.85. The predicted molar refractivity (Wildman–Crippen MR) is 68.3 cm³/mol. The zero-order valence-corrected chi connectivity index (χ0v) is 11.1. The Kier molecular flexibility index (Phi) is 4.80. The van der Waals surface area contributed by atoms with Crippen LogP contribution >= 0.6 is 15.9 Å². The molecule has 0 fully saturated rings. The number of carbonyl (C=O) groups excluding carboxylic acids is 1. The van der Waals surface area contributed by atoms with Gasteiger partial charge in [0.2, 0.25) is 0 Å². The van der Waals surface area contributed by atoms with Crippen molar-refractivity contribution >= 4 is 27.6 Å². The molecule has 1 aromatic carbocycles. The summed E-state index contributed by atoms with van der Waals surface area (Å²) in [4.78, 5) is 11.7. The summed E-state index contributed by atoms with van der Waals surface area (Å²) >= 11 is 3.29.